The number of aromatic nitrogens is 2. The Labute approximate surface area is 109 Å². The summed E-state index contributed by atoms with van der Waals surface area (Å²) in [5.74, 6) is -0.206. The molecule has 0 fully saturated rings. The fraction of sp³-hybridized carbons (Fsp3) is 0.600. The van der Waals surface area contributed by atoms with E-state index in [1.807, 2.05) is 0 Å². The highest BCUT2D eigenvalue weighted by Crippen LogP contribution is 2.09. The quantitative estimate of drug-likeness (QED) is 0.422. The highest BCUT2D eigenvalue weighted by atomic mass is 35.5. The molecular weight excluding hydrogens is 262 g/mol. The van der Waals surface area contributed by atoms with Crippen molar-refractivity contribution in [1.82, 2.24) is 9.78 Å². The number of rotatable bonds is 7. The van der Waals surface area contributed by atoms with E-state index in [0.717, 1.165) is 0 Å². The minimum Gasteiger partial charge on any atom is -0.465 e. The molecule has 1 rings (SSSR count). The Balaban J connectivity index is 2.77. The zero-order chi connectivity index (χ0) is 13.5. The first kappa shape index (κ1) is 14.4. The number of carbonyl (C=O) groups excluding carboxylic acids is 1. The normalized spacial score (nSPS) is 10.2. The van der Waals surface area contributed by atoms with Crippen molar-refractivity contribution in [2.24, 2.45) is 0 Å². The van der Waals surface area contributed by atoms with Crippen LogP contribution in [0.1, 0.15) is 18.3 Å². The van der Waals surface area contributed by atoms with Gasteiger partial charge in [0.25, 0.3) is 6.54 Å². The molecule has 0 aliphatic carbocycles. The number of esters is 1. The molecule has 0 saturated carbocycles. The Kier molecular flexibility index (Phi) is 5.57. The summed E-state index contributed by atoms with van der Waals surface area (Å²) in [7, 11) is 1.27. The van der Waals surface area contributed by atoms with Gasteiger partial charge in [-0.15, -0.1) is 11.6 Å². The molecule has 0 radical (unpaired) electrons. The van der Waals surface area contributed by atoms with Crippen molar-refractivity contribution in [1.29, 1.82) is 0 Å². The maximum Gasteiger partial charge on any atom is 0.327 e. The molecule has 100 valence electrons. The van der Waals surface area contributed by atoms with Crippen molar-refractivity contribution in [2.45, 2.75) is 25.9 Å². The molecular formula is C10H15ClN3O4+. The van der Waals surface area contributed by atoms with Gasteiger partial charge in [-0.1, -0.05) is 0 Å². The summed E-state index contributed by atoms with van der Waals surface area (Å²) in [6.07, 6.45) is 0. The molecule has 0 unspecified atom stereocenters. The zero-order valence-corrected chi connectivity index (χ0v) is 11.0. The van der Waals surface area contributed by atoms with Gasteiger partial charge in [0.1, 0.15) is 12.2 Å². The lowest BCUT2D eigenvalue weighted by atomic mass is 10.4. The van der Waals surface area contributed by atoms with Crippen LogP contribution < -0.4 is 0 Å². The molecule has 0 saturated heterocycles. The van der Waals surface area contributed by atoms with Gasteiger partial charge < -0.3 is 4.74 Å². The van der Waals surface area contributed by atoms with Crippen LogP contribution in [-0.4, -0.2) is 34.4 Å². The summed E-state index contributed by atoms with van der Waals surface area (Å²) in [5, 5.41) is 4.10. The van der Waals surface area contributed by atoms with E-state index >= 15 is 0 Å². The van der Waals surface area contributed by atoms with Gasteiger partial charge in [-0.25, -0.2) is 4.84 Å². The molecule has 0 atom stereocenters. The van der Waals surface area contributed by atoms with Crippen molar-refractivity contribution in [3.63, 3.8) is 0 Å². The third-order valence-corrected chi connectivity index (χ3v) is 2.40. The summed E-state index contributed by atoms with van der Waals surface area (Å²) < 4.78 is 6.24. The number of ether oxygens (including phenoxy) is 1. The maximum atomic E-state index is 11.3. The first-order valence-corrected chi connectivity index (χ1v) is 5.90. The van der Waals surface area contributed by atoms with Gasteiger partial charge in [-0.05, 0) is 13.0 Å². The van der Waals surface area contributed by atoms with Crippen LogP contribution in [0.2, 0.25) is 0 Å². The fourth-order valence-corrected chi connectivity index (χ4v) is 1.58. The Morgan fingerprint density at radius 3 is 2.89 bits per heavy atom. The Morgan fingerprint density at radius 1 is 1.61 bits per heavy atom. The van der Waals surface area contributed by atoms with Gasteiger partial charge in [0.15, 0.2) is 7.11 Å². The minimum absolute atomic E-state index is 0.0261. The van der Waals surface area contributed by atoms with Crippen molar-refractivity contribution in [3.05, 3.63) is 22.4 Å². The van der Waals surface area contributed by atoms with Crippen LogP contribution in [0.4, 0.5) is 0 Å². The van der Waals surface area contributed by atoms with Crippen LogP contribution in [0.5, 0.6) is 0 Å². The first-order valence-electron chi connectivity index (χ1n) is 5.36. The standard InChI is InChI=1S/C10H15ClN3O4/c1-3-18-10(15)7-13-9(5-11)4-8(12-13)6-14(16)17-2/h4H,3,5-7H2,1-2H3/q+1. The van der Waals surface area contributed by atoms with Crippen molar-refractivity contribution >= 4 is 17.6 Å². The highest BCUT2D eigenvalue weighted by Gasteiger charge is 2.17. The minimum atomic E-state index is -0.399. The van der Waals surface area contributed by atoms with Crippen molar-refractivity contribution in [2.75, 3.05) is 13.7 Å². The van der Waals surface area contributed by atoms with Gasteiger partial charge in [-0.3, -0.25) is 9.48 Å². The summed E-state index contributed by atoms with van der Waals surface area (Å²) in [6, 6.07) is 1.65. The third kappa shape index (κ3) is 3.99. The molecule has 0 aromatic carbocycles. The number of nitrogens with zero attached hydrogens (tertiary/aromatic N) is 3. The molecule has 18 heavy (non-hydrogen) atoms. The molecule has 0 spiro atoms. The van der Waals surface area contributed by atoms with E-state index < -0.39 is 5.97 Å². The van der Waals surface area contributed by atoms with E-state index in [-0.39, 0.29) is 19.0 Å². The molecule has 1 heterocycles. The molecule has 0 aliphatic heterocycles. The lowest BCUT2D eigenvalue weighted by Crippen LogP contribution is -2.16. The fourth-order valence-electron chi connectivity index (χ4n) is 1.36. The summed E-state index contributed by atoms with van der Waals surface area (Å²) in [4.78, 5) is 27.2. The number of halogens is 1. The Hall–Kier alpha value is -1.63. The van der Waals surface area contributed by atoms with Crippen LogP contribution in [0.15, 0.2) is 6.07 Å². The number of hydrogen-bond donors (Lipinski definition) is 0. The summed E-state index contributed by atoms with van der Waals surface area (Å²) in [6.45, 7) is 1.97. The van der Waals surface area contributed by atoms with Crippen LogP contribution in [0.3, 0.4) is 0 Å². The van der Waals surface area contributed by atoms with Crippen LogP contribution in [0, 0.1) is 4.91 Å². The van der Waals surface area contributed by atoms with Gasteiger partial charge in [0, 0.05) is 0 Å². The zero-order valence-electron chi connectivity index (χ0n) is 10.3. The largest absolute Gasteiger partial charge is 0.465 e. The van der Waals surface area contributed by atoms with Crippen LogP contribution in [0.25, 0.3) is 0 Å². The summed E-state index contributed by atoms with van der Waals surface area (Å²) in [5.41, 5.74) is 1.12. The second-order valence-electron chi connectivity index (χ2n) is 3.40. The SMILES string of the molecule is CCOC(=O)Cn1nc(C[N+](=O)OC)cc1CCl. The highest BCUT2D eigenvalue weighted by molar-refractivity contribution is 6.16. The second kappa shape index (κ2) is 6.95. The lowest BCUT2D eigenvalue weighted by Gasteiger charge is -2.04. The van der Waals surface area contributed by atoms with Crippen molar-refractivity contribution < 1.29 is 19.3 Å². The molecule has 0 N–H and O–H groups in total. The lowest BCUT2D eigenvalue weighted by molar-refractivity contribution is -0.808. The number of hydrogen-bond acceptors (Lipinski definition) is 5. The first-order chi connectivity index (χ1) is 8.60. The van der Waals surface area contributed by atoms with Gasteiger partial charge >= 0.3 is 5.97 Å². The average molecular weight is 277 g/mol. The predicted molar refractivity (Wildman–Crippen MR) is 62.8 cm³/mol. The molecule has 7 nitrogen and oxygen atoms in total. The van der Waals surface area contributed by atoms with Crippen molar-refractivity contribution in [3.8, 4) is 0 Å². The second-order valence-corrected chi connectivity index (χ2v) is 3.66. The molecule has 0 aliphatic rings. The third-order valence-electron chi connectivity index (χ3n) is 2.13. The molecule has 1 aromatic heterocycles. The van der Waals surface area contributed by atoms with E-state index in [2.05, 4.69) is 9.94 Å². The Bertz CT molecular complexity index is 433. The monoisotopic (exact) mass is 276 g/mol. The van der Waals surface area contributed by atoms with E-state index in [4.69, 9.17) is 16.3 Å². The van der Waals surface area contributed by atoms with Gasteiger partial charge in [0.05, 0.1) is 23.1 Å². The van der Waals surface area contributed by atoms with E-state index in [1.165, 1.54) is 11.8 Å². The molecule has 8 heteroatoms. The van der Waals surface area contributed by atoms with Gasteiger partial charge in [0.2, 0.25) is 4.92 Å². The van der Waals surface area contributed by atoms with Gasteiger partial charge in [-0.2, -0.15) is 5.10 Å². The van der Waals surface area contributed by atoms with E-state index in [9.17, 15) is 9.70 Å². The van der Waals surface area contributed by atoms with Crippen LogP contribution >= 0.6 is 11.6 Å². The molecule has 1 aromatic rings. The predicted octanol–water partition coefficient (Wildman–Crippen LogP) is 1.03. The molecule has 0 bridgehead atoms. The smallest absolute Gasteiger partial charge is 0.327 e. The molecule has 0 amide bonds. The number of carbonyl (C=O) groups is 1. The Morgan fingerprint density at radius 2 is 2.33 bits per heavy atom. The number of alkyl halides is 1. The maximum absolute atomic E-state index is 11.3. The topological polar surface area (TPSA) is 73.4 Å². The van der Waals surface area contributed by atoms with Crippen LogP contribution in [-0.2, 0) is 33.3 Å². The summed E-state index contributed by atoms with van der Waals surface area (Å²) >= 11 is 5.74. The van der Waals surface area contributed by atoms with E-state index in [0.29, 0.717) is 22.9 Å². The average Bonchev–Trinajstić information content (AvgIpc) is 2.71. The van der Waals surface area contributed by atoms with E-state index in [1.54, 1.807) is 13.0 Å².